The summed E-state index contributed by atoms with van der Waals surface area (Å²) in [6.07, 6.45) is 1.10. The Morgan fingerprint density at radius 2 is 1.81 bits per heavy atom. The van der Waals surface area contributed by atoms with Gasteiger partial charge in [0.15, 0.2) is 0 Å². The Morgan fingerprint density at radius 1 is 1.10 bits per heavy atom. The van der Waals surface area contributed by atoms with Crippen LogP contribution in [0.4, 0.5) is 5.69 Å². The van der Waals surface area contributed by atoms with Gasteiger partial charge in [-0.15, -0.1) is 0 Å². The van der Waals surface area contributed by atoms with Crippen molar-refractivity contribution in [3.05, 3.63) is 64.7 Å². The average molecular weight is 280 g/mol. The maximum Gasteiger partial charge on any atom is 0.0581 e. The molecule has 2 aromatic carbocycles. The second-order valence-corrected chi connectivity index (χ2v) is 6.48. The van der Waals surface area contributed by atoms with Crippen LogP contribution in [0, 0.1) is 0 Å². The third-order valence-electron chi connectivity index (χ3n) is 4.39. The number of nitrogens with one attached hydrogen (secondary N) is 1. The van der Waals surface area contributed by atoms with E-state index in [9.17, 15) is 0 Å². The lowest BCUT2D eigenvalue weighted by molar-refractivity contribution is 0.463. The van der Waals surface area contributed by atoms with Crippen molar-refractivity contribution in [3.63, 3.8) is 0 Å². The van der Waals surface area contributed by atoms with Crippen molar-refractivity contribution in [2.45, 2.75) is 45.2 Å². The van der Waals surface area contributed by atoms with Gasteiger partial charge in [-0.1, -0.05) is 44.2 Å². The second-order valence-electron chi connectivity index (χ2n) is 6.48. The van der Waals surface area contributed by atoms with Gasteiger partial charge in [-0.2, -0.15) is 0 Å². The van der Waals surface area contributed by atoms with Gasteiger partial charge in [0.25, 0.3) is 0 Å². The van der Waals surface area contributed by atoms with Crippen LogP contribution in [-0.2, 0) is 6.42 Å². The molecule has 2 unspecified atom stereocenters. The lowest BCUT2D eigenvalue weighted by atomic mass is 9.84. The number of nitrogen functional groups attached to an aromatic ring is 1. The SMILES string of the molecule is CC1Cc2ccc(C(C)C)cc2C(c2ccc(N)cc2)N1. The lowest BCUT2D eigenvalue weighted by Crippen LogP contribution is -2.38. The standard InChI is InChI=1S/C19H24N2/c1-12(2)15-4-5-16-10-13(3)21-19(18(16)11-15)14-6-8-17(20)9-7-14/h4-9,11-13,19,21H,10,20H2,1-3H3. The molecule has 0 bridgehead atoms. The van der Waals surface area contributed by atoms with E-state index in [2.05, 4.69) is 56.4 Å². The second kappa shape index (κ2) is 5.53. The molecule has 1 heterocycles. The van der Waals surface area contributed by atoms with E-state index in [0.29, 0.717) is 12.0 Å². The van der Waals surface area contributed by atoms with E-state index in [1.54, 1.807) is 0 Å². The van der Waals surface area contributed by atoms with Crippen LogP contribution < -0.4 is 11.1 Å². The zero-order chi connectivity index (χ0) is 15.0. The molecule has 0 saturated heterocycles. The van der Waals surface area contributed by atoms with E-state index in [4.69, 9.17) is 5.73 Å². The summed E-state index contributed by atoms with van der Waals surface area (Å²) in [5.74, 6) is 0.557. The monoisotopic (exact) mass is 280 g/mol. The van der Waals surface area contributed by atoms with Crippen LogP contribution in [0.25, 0.3) is 0 Å². The molecule has 2 nitrogen and oxygen atoms in total. The molecule has 3 N–H and O–H groups in total. The van der Waals surface area contributed by atoms with Crippen molar-refractivity contribution in [2.75, 3.05) is 5.73 Å². The van der Waals surface area contributed by atoms with E-state index < -0.39 is 0 Å². The molecular weight excluding hydrogens is 256 g/mol. The van der Waals surface area contributed by atoms with Crippen LogP contribution in [0.5, 0.6) is 0 Å². The van der Waals surface area contributed by atoms with Gasteiger partial charge in [0.1, 0.15) is 0 Å². The minimum absolute atomic E-state index is 0.267. The minimum atomic E-state index is 0.267. The first-order valence-electron chi connectivity index (χ1n) is 7.79. The van der Waals surface area contributed by atoms with Gasteiger partial charge in [0.05, 0.1) is 6.04 Å². The number of hydrogen-bond donors (Lipinski definition) is 2. The molecule has 2 heteroatoms. The Kier molecular flexibility index (Phi) is 3.73. The highest BCUT2D eigenvalue weighted by molar-refractivity contribution is 5.46. The normalized spacial score (nSPS) is 21.3. The summed E-state index contributed by atoms with van der Waals surface area (Å²) in [5, 5.41) is 3.73. The third kappa shape index (κ3) is 2.81. The summed E-state index contributed by atoms with van der Waals surface area (Å²) in [5.41, 5.74) is 12.2. The Hall–Kier alpha value is -1.80. The van der Waals surface area contributed by atoms with Gasteiger partial charge in [-0.3, -0.25) is 0 Å². The molecule has 21 heavy (non-hydrogen) atoms. The predicted octanol–water partition coefficient (Wildman–Crippen LogP) is 4.02. The molecule has 0 saturated carbocycles. The predicted molar refractivity (Wildman–Crippen MR) is 89.5 cm³/mol. The highest BCUT2D eigenvalue weighted by Crippen LogP contribution is 2.33. The van der Waals surface area contributed by atoms with Crippen molar-refractivity contribution < 1.29 is 0 Å². The average Bonchev–Trinajstić information content (AvgIpc) is 2.46. The topological polar surface area (TPSA) is 38.0 Å². The van der Waals surface area contributed by atoms with Crippen molar-refractivity contribution in [1.82, 2.24) is 5.32 Å². The Labute approximate surface area is 127 Å². The van der Waals surface area contributed by atoms with Crippen LogP contribution in [-0.4, -0.2) is 6.04 Å². The summed E-state index contributed by atoms with van der Waals surface area (Å²) in [4.78, 5) is 0. The van der Waals surface area contributed by atoms with Gasteiger partial charge >= 0.3 is 0 Å². The first-order valence-corrected chi connectivity index (χ1v) is 7.79. The molecule has 0 aliphatic carbocycles. The molecule has 0 spiro atoms. The lowest BCUT2D eigenvalue weighted by Gasteiger charge is -2.32. The molecule has 0 amide bonds. The van der Waals surface area contributed by atoms with Gasteiger partial charge < -0.3 is 11.1 Å². The molecule has 0 fully saturated rings. The smallest absolute Gasteiger partial charge is 0.0581 e. The first kappa shape index (κ1) is 14.2. The van der Waals surface area contributed by atoms with Crippen molar-refractivity contribution in [3.8, 4) is 0 Å². The number of fused-ring (bicyclic) bond motifs is 1. The fourth-order valence-electron chi connectivity index (χ4n) is 3.15. The largest absolute Gasteiger partial charge is 0.399 e. The molecule has 2 atom stereocenters. The van der Waals surface area contributed by atoms with E-state index >= 15 is 0 Å². The van der Waals surface area contributed by atoms with Gasteiger partial charge in [0, 0.05) is 11.7 Å². The van der Waals surface area contributed by atoms with Gasteiger partial charge in [-0.05, 0) is 53.6 Å². The Balaban J connectivity index is 2.06. The van der Waals surface area contributed by atoms with E-state index in [0.717, 1.165) is 12.1 Å². The van der Waals surface area contributed by atoms with Crippen LogP contribution in [0.1, 0.15) is 55.0 Å². The Bertz CT molecular complexity index is 629. The van der Waals surface area contributed by atoms with Crippen LogP contribution in [0.15, 0.2) is 42.5 Å². The van der Waals surface area contributed by atoms with E-state index in [-0.39, 0.29) is 6.04 Å². The van der Waals surface area contributed by atoms with Crippen LogP contribution in [0.2, 0.25) is 0 Å². The van der Waals surface area contributed by atoms with E-state index in [1.807, 2.05) is 12.1 Å². The molecule has 110 valence electrons. The number of anilines is 1. The fourth-order valence-corrected chi connectivity index (χ4v) is 3.15. The van der Waals surface area contributed by atoms with E-state index in [1.165, 1.54) is 22.3 Å². The van der Waals surface area contributed by atoms with Crippen LogP contribution in [0.3, 0.4) is 0 Å². The summed E-state index contributed by atoms with van der Waals surface area (Å²) < 4.78 is 0. The zero-order valence-electron chi connectivity index (χ0n) is 13.1. The molecule has 0 radical (unpaired) electrons. The van der Waals surface area contributed by atoms with Crippen LogP contribution >= 0.6 is 0 Å². The summed E-state index contributed by atoms with van der Waals surface area (Å²) in [7, 11) is 0. The molecule has 2 aromatic rings. The first-order chi connectivity index (χ1) is 10.0. The third-order valence-corrected chi connectivity index (χ3v) is 4.39. The van der Waals surface area contributed by atoms with Crippen molar-refractivity contribution >= 4 is 5.69 Å². The number of benzene rings is 2. The Morgan fingerprint density at radius 3 is 2.48 bits per heavy atom. The maximum atomic E-state index is 5.82. The minimum Gasteiger partial charge on any atom is -0.399 e. The molecular formula is C19H24N2. The fraction of sp³-hybridized carbons (Fsp3) is 0.368. The number of hydrogen-bond acceptors (Lipinski definition) is 2. The number of nitrogens with two attached hydrogens (primary N) is 1. The maximum absolute atomic E-state index is 5.82. The molecule has 0 aromatic heterocycles. The van der Waals surface area contributed by atoms with Crippen molar-refractivity contribution in [1.29, 1.82) is 0 Å². The summed E-state index contributed by atoms with van der Waals surface area (Å²) in [6, 6.07) is 16.0. The summed E-state index contributed by atoms with van der Waals surface area (Å²) in [6.45, 7) is 6.75. The highest BCUT2D eigenvalue weighted by atomic mass is 15.0. The van der Waals surface area contributed by atoms with Gasteiger partial charge in [0.2, 0.25) is 0 Å². The highest BCUT2D eigenvalue weighted by Gasteiger charge is 2.25. The van der Waals surface area contributed by atoms with Gasteiger partial charge in [-0.25, -0.2) is 0 Å². The zero-order valence-corrected chi connectivity index (χ0v) is 13.1. The van der Waals surface area contributed by atoms with Crippen molar-refractivity contribution in [2.24, 2.45) is 0 Å². The molecule has 1 aliphatic rings. The number of rotatable bonds is 2. The summed E-state index contributed by atoms with van der Waals surface area (Å²) >= 11 is 0. The quantitative estimate of drug-likeness (QED) is 0.816. The molecule has 1 aliphatic heterocycles. The molecule has 3 rings (SSSR count).